The predicted molar refractivity (Wildman–Crippen MR) is 77.4 cm³/mol. The Hall–Kier alpha value is -2.56. The number of hydrogen-bond donors (Lipinski definition) is 0. The summed E-state index contributed by atoms with van der Waals surface area (Å²) >= 11 is 0. The molecule has 0 bridgehead atoms. The van der Waals surface area contributed by atoms with E-state index in [-0.39, 0.29) is 12.6 Å². The number of rotatable bonds is 4. The zero-order valence-corrected chi connectivity index (χ0v) is 11.5. The van der Waals surface area contributed by atoms with Crippen molar-refractivity contribution < 1.29 is 18.6 Å². The fraction of sp³-hybridized carbons (Fsp3) is 0.188. The zero-order valence-electron chi connectivity index (χ0n) is 11.5. The molecule has 2 aromatic carbocycles. The third kappa shape index (κ3) is 2.97. The van der Waals surface area contributed by atoms with Gasteiger partial charge in [-0.25, -0.2) is 4.39 Å². The van der Waals surface area contributed by atoms with Gasteiger partial charge >= 0.3 is 0 Å². The Labute approximate surface area is 121 Å². The molecule has 0 unspecified atom stereocenters. The van der Waals surface area contributed by atoms with Crippen molar-refractivity contribution in [3.8, 4) is 17.2 Å². The average molecular weight is 287 g/mol. The van der Waals surface area contributed by atoms with E-state index >= 15 is 0 Å². The zero-order chi connectivity index (χ0) is 14.7. The third-order valence-corrected chi connectivity index (χ3v) is 2.98. The lowest BCUT2D eigenvalue weighted by molar-refractivity contribution is 0.174. The standard InChI is InChI=1S/C16H14FNO3/c1-2-19-14-8-16-15(20-10-21-16)7-11(14)9-18-13-5-3-12(17)4-6-13/h3-9H,2,10H2,1H3. The Morgan fingerprint density at radius 3 is 2.62 bits per heavy atom. The Balaban J connectivity index is 1.91. The molecule has 4 nitrogen and oxygen atoms in total. The highest BCUT2D eigenvalue weighted by Crippen LogP contribution is 2.37. The minimum absolute atomic E-state index is 0.208. The summed E-state index contributed by atoms with van der Waals surface area (Å²) in [5, 5.41) is 0. The molecule has 0 aliphatic carbocycles. The summed E-state index contributed by atoms with van der Waals surface area (Å²) in [6, 6.07) is 9.57. The number of aliphatic imine (C=N–C) groups is 1. The van der Waals surface area contributed by atoms with Crippen molar-refractivity contribution in [3.05, 3.63) is 47.8 Å². The van der Waals surface area contributed by atoms with Crippen LogP contribution in [0.2, 0.25) is 0 Å². The topological polar surface area (TPSA) is 40.0 Å². The molecule has 0 radical (unpaired) electrons. The first-order valence-corrected chi connectivity index (χ1v) is 6.62. The first-order chi connectivity index (χ1) is 10.3. The summed E-state index contributed by atoms with van der Waals surface area (Å²) in [5.74, 6) is 1.72. The summed E-state index contributed by atoms with van der Waals surface area (Å²) in [6.45, 7) is 2.65. The van der Waals surface area contributed by atoms with Gasteiger partial charge in [-0.05, 0) is 37.3 Å². The summed E-state index contributed by atoms with van der Waals surface area (Å²) < 4.78 is 29.1. The van der Waals surface area contributed by atoms with Gasteiger partial charge in [0.25, 0.3) is 0 Å². The highest BCUT2D eigenvalue weighted by atomic mass is 19.1. The molecule has 108 valence electrons. The summed E-state index contributed by atoms with van der Waals surface area (Å²) in [6.07, 6.45) is 1.67. The third-order valence-electron chi connectivity index (χ3n) is 2.98. The second kappa shape index (κ2) is 5.83. The van der Waals surface area contributed by atoms with Gasteiger partial charge < -0.3 is 14.2 Å². The molecular weight excluding hydrogens is 273 g/mol. The van der Waals surface area contributed by atoms with Crippen LogP contribution in [0.25, 0.3) is 0 Å². The van der Waals surface area contributed by atoms with Gasteiger partial charge in [0.05, 0.1) is 12.3 Å². The van der Waals surface area contributed by atoms with Crippen LogP contribution in [0.3, 0.4) is 0 Å². The molecule has 1 aliphatic heterocycles. The van der Waals surface area contributed by atoms with Crippen molar-refractivity contribution in [1.29, 1.82) is 0 Å². The second-order valence-corrected chi connectivity index (χ2v) is 4.41. The lowest BCUT2D eigenvalue weighted by atomic mass is 10.2. The van der Waals surface area contributed by atoms with Crippen molar-refractivity contribution >= 4 is 11.9 Å². The van der Waals surface area contributed by atoms with Gasteiger partial charge in [-0.1, -0.05) is 0 Å². The van der Waals surface area contributed by atoms with E-state index in [0.717, 1.165) is 5.56 Å². The first kappa shape index (κ1) is 13.4. The van der Waals surface area contributed by atoms with Gasteiger partial charge in [-0.3, -0.25) is 4.99 Å². The Bertz CT molecular complexity index is 668. The average Bonchev–Trinajstić information content (AvgIpc) is 2.94. The maximum Gasteiger partial charge on any atom is 0.231 e. The number of nitrogens with zero attached hydrogens (tertiary/aromatic N) is 1. The van der Waals surface area contributed by atoms with E-state index in [1.165, 1.54) is 12.1 Å². The lowest BCUT2D eigenvalue weighted by Crippen LogP contribution is -1.96. The molecule has 0 amide bonds. The molecule has 1 aliphatic rings. The largest absolute Gasteiger partial charge is 0.493 e. The first-order valence-electron chi connectivity index (χ1n) is 6.62. The molecule has 5 heteroatoms. The molecule has 0 saturated carbocycles. The highest BCUT2D eigenvalue weighted by molar-refractivity contribution is 5.87. The highest BCUT2D eigenvalue weighted by Gasteiger charge is 2.17. The van der Waals surface area contributed by atoms with Gasteiger partial charge in [-0.2, -0.15) is 0 Å². The van der Waals surface area contributed by atoms with Crippen LogP contribution in [0, 0.1) is 5.82 Å². The molecule has 0 spiro atoms. The number of halogens is 1. The van der Waals surface area contributed by atoms with E-state index in [2.05, 4.69) is 4.99 Å². The molecule has 0 aromatic heterocycles. The van der Waals surface area contributed by atoms with Gasteiger partial charge in [0, 0.05) is 17.8 Å². The SMILES string of the molecule is CCOc1cc2c(cc1C=Nc1ccc(F)cc1)OCO2. The van der Waals surface area contributed by atoms with E-state index in [4.69, 9.17) is 14.2 Å². The smallest absolute Gasteiger partial charge is 0.231 e. The molecular formula is C16H14FNO3. The van der Waals surface area contributed by atoms with Crippen LogP contribution >= 0.6 is 0 Å². The summed E-state index contributed by atoms with van der Waals surface area (Å²) in [5.41, 5.74) is 1.45. The number of benzene rings is 2. The van der Waals surface area contributed by atoms with Crippen LogP contribution in [0.15, 0.2) is 41.4 Å². The molecule has 0 fully saturated rings. The second-order valence-electron chi connectivity index (χ2n) is 4.41. The minimum Gasteiger partial charge on any atom is -0.493 e. The fourth-order valence-corrected chi connectivity index (χ4v) is 1.99. The van der Waals surface area contributed by atoms with Gasteiger partial charge in [-0.15, -0.1) is 0 Å². The lowest BCUT2D eigenvalue weighted by Gasteiger charge is -2.08. The molecule has 3 rings (SSSR count). The predicted octanol–water partition coefficient (Wildman–Crippen LogP) is 3.70. The summed E-state index contributed by atoms with van der Waals surface area (Å²) in [4.78, 5) is 4.32. The minimum atomic E-state index is -0.285. The number of ether oxygens (including phenoxy) is 3. The molecule has 0 N–H and O–H groups in total. The molecule has 21 heavy (non-hydrogen) atoms. The number of fused-ring (bicyclic) bond motifs is 1. The quantitative estimate of drug-likeness (QED) is 0.805. The van der Waals surface area contributed by atoms with Crippen molar-refractivity contribution in [2.45, 2.75) is 6.92 Å². The van der Waals surface area contributed by atoms with Crippen LogP contribution in [0.1, 0.15) is 12.5 Å². The Morgan fingerprint density at radius 2 is 1.90 bits per heavy atom. The van der Waals surface area contributed by atoms with Crippen molar-refractivity contribution in [3.63, 3.8) is 0 Å². The Kier molecular flexibility index (Phi) is 3.73. The molecule has 2 aromatic rings. The monoisotopic (exact) mass is 287 g/mol. The van der Waals surface area contributed by atoms with E-state index in [9.17, 15) is 4.39 Å². The fourth-order valence-electron chi connectivity index (χ4n) is 1.99. The van der Waals surface area contributed by atoms with Crippen LogP contribution in [0.4, 0.5) is 10.1 Å². The van der Waals surface area contributed by atoms with E-state index in [1.54, 1.807) is 24.4 Å². The van der Waals surface area contributed by atoms with Crippen LogP contribution in [-0.2, 0) is 0 Å². The molecule has 0 atom stereocenters. The normalized spacial score (nSPS) is 12.9. The van der Waals surface area contributed by atoms with E-state index < -0.39 is 0 Å². The number of hydrogen-bond acceptors (Lipinski definition) is 4. The summed E-state index contributed by atoms with van der Waals surface area (Å²) in [7, 11) is 0. The van der Waals surface area contributed by atoms with Crippen molar-refractivity contribution in [1.82, 2.24) is 0 Å². The van der Waals surface area contributed by atoms with E-state index in [1.807, 2.05) is 13.0 Å². The van der Waals surface area contributed by atoms with Gasteiger partial charge in [0.1, 0.15) is 11.6 Å². The molecule has 1 heterocycles. The molecule has 0 saturated heterocycles. The van der Waals surface area contributed by atoms with Crippen molar-refractivity contribution in [2.24, 2.45) is 4.99 Å². The van der Waals surface area contributed by atoms with Crippen LogP contribution in [-0.4, -0.2) is 19.6 Å². The maximum absolute atomic E-state index is 12.9. The van der Waals surface area contributed by atoms with Crippen LogP contribution in [0.5, 0.6) is 17.2 Å². The maximum atomic E-state index is 12.9. The van der Waals surface area contributed by atoms with Gasteiger partial charge in [0.15, 0.2) is 11.5 Å². The Morgan fingerprint density at radius 1 is 1.19 bits per heavy atom. The van der Waals surface area contributed by atoms with Crippen molar-refractivity contribution in [2.75, 3.05) is 13.4 Å². The van der Waals surface area contributed by atoms with Crippen LogP contribution < -0.4 is 14.2 Å². The van der Waals surface area contributed by atoms with Gasteiger partial charge in [0.2, 0.25) is 6.79 Å². The van der Waals surface area contributed by atoms with E-state index in [0.29, 0.717) is 29.5 Å².